The zero-order valence-corrected chi connectivity index (χ0v) is 17.9. The van der Waals surface area contributed by atoms with E-state index in [1.54, 1.807) is 44.2 Å². The van der Waals surface area contributed by atoms with Gasteiger partial charge in [-0.2, -0.15) is 4.98 Å². The Morgan fingerprint density at radius 2 is 2.06 bits per heavy atom. The van der Waals surface area contributed by atoms with Crippen molar-refractivity contribution >= 4 is 29.1 Å². The number of fused-ring (bicyclic) bond motifs is 1. The maximum atomic E-state index is 14.2. The number of halogens is 2. The fourth-order valence-electron chi connectivity index (χ4n) is 3.74. The van der Waals surface area contributed by atoms with Gasteiger partial charge in [0.15, 0.2) is 5.69 Å². The Balaban J connectivity index is 1.97. The van der Waals surface area contributed by atoms with Gasteiger partial charge >= 0.3 is 0 Å². The second-order valence-electron chi connectivity index (χ2n) is 7.66. The Bertz CT molecular complexity index is 1130. The molecular formula is C22H23ClFN5O2. The van der Waals surface area contributed by atoms with Gasteiger partial charge in [-0.3, -0.25) is 9.96 Å². The highest BCUT2D eigenvalue weighted by atomic mass is 35.5. The first-order chi connectivity index (χ1) is 14.8. The number of quaternary nitrogens is 1. The van der Waals surface area contributed by atoms with E-state index < -0.39 is 4.65 Å². The zero-order chi connectivity index (χ0) is 22.2. The number of aliphatic hydroxyl groups is 1. The van der Waals surface area contributed by atoms with Crippen LogP contribution in [-0.2, 0) is 6.54 Å². The number of benzene rings is 2. The first-order valence-electron chi connectivity index (χ1n) is 9.93. The second kappa shape index (κ2) is 8.49. The highest BCUT2D eigenvalue weighted by Crippen LogP contribution is 2.43. The van der Waals surface area contributed by atoms with Crippen LogP contribution in [0.2, 0.25) is 5.02 Å². The summed E-state index contributed by atoms with van der Waals surface area (Å²) in [5, 5.41) is 30.2. The summed E-state index contributed by atoms with van der Waals surface area (Å²) in [6.07, 6.45) is 0. The fourth-order valence-corrected chi connectivity index (χ4v) is 4.01. The van der Waals surface area contributed by atoms with Gasteiger partial charge in [0.1, 0.15) is 17.5 Å². The molecule has 0 spiro atoms. The number of anilines is 1. The number of aromatic nitrogens is 2. The van der Waals surface area contributed by atoms with Crippen LogP contribution in [0, 0.1) is 17.9 Å². The van der Waals surface area contributed by atoms with E-state index in [2.05, 4.69) is 20.6 Å². The van der Waals surface area contributed by atoms with Crippen LogP contribution in [0.4, 0.5) is 21.8 Å². The maximum Gasteiger partial charge on any atom is 0.243 e. The molecule has 4 rings (SSSR count). The summed E-state index contributed by atoms with van der Waals surface area (Å²) in [5.41, 5.74) is 2.91. The van der Waals surface area contributed by atoms with E-state index in [0.717, 1.165) is 0 Å². The topological polar surface area (TPSA) is 93.1 Å². The SMILES string of the molecule is Cc1cc(F)ccc1-c1nc(N[C@H](C)CO)nc2c1CNC[N+]2([O-])c1ccccc1Cl. The Morgan fingerprint density at radius 1 is 1.29 bits per heavy atom. The van der Waals surface area contributed by atoms with Gasteiger partial charge in [0, 0.05) is 24.2 Å². The van der Waals surface area contributed by atoms with Gasteiger partial charge in [-0.25, -0.2) is 9.37 Å². The monoisotopic (exact) mass is 443 g/mol. The van der Waals surface area contributed by atoms with Gasteiger partial charge in [-0.15, -0.1) is 0 Å². The molecule has 2 heterocycles. The van der Waals surface area contributed by atoms with Crippen molar-refractivity contribution in [3.63, 3.8) is 0 Å². The van der Waals surface area contributed by atoms with Crippen molar-refractivity contribution in [2.75, 3.05) is 18.6 Å². The number of nitrogens with one attached hydrogen (secondary N) is 2. The van der Waals surface area contributed by atoms with Crippen LogP contribution in [0.25, 0.3) is 11.3 Å². The molecule has 7 nitrogen and oxygen atoms in total. The molecule has 1 aliphatic rings. The summed E-state index contributed by atoms with van der Waals surface area (Å²) in [6.45, 7) is 3.87. The van der Waals surface area contributed by atoms with Crippen LogP contribution in [0.3, 0.4) is 0 Å². The van der Waals surface area contributed by atoms with Crippen LogP contribution >= 0.6 is 11.6 Å². The quantitative estimate of drug-likeness (QED) is 0.403. The number of para-hydroxylation sites is 1. The number of aliphatic hydroxyl groups excluding tert-OH is 1. The summed E-state index contributed by atoms with van der Waals surface area (Å²) < 4.78 is 12.8. The minimum atomic E-state index is -0.910. The third kappa shape index (κ3) is 4.00. The highest BCUT2D eigenvalue weighted by molar-refractivity contribution is 6.33. The van der Waals surface area contributed by atoms with Crippen LogP contribution in [0.5, 0.6) is 0 Å². The summed E-state index contributed by atoms with van der Waals surface area (Å²) >= 11 is 6.38. The maximum absolute atomic E-state index is 14.2. The van der Waals surface area contributed by atoms with Crippen LogP contribution in [0.15, 0.2) is 42.5 Å². The summed E-state index contributed by atoms with van der Waals surface area (Å²) in [7, 11) is 0. The van der Waals surface area contributed by atoms with Gasteiger partial charge in [-0.05, 0) is 43.7 Å². The average molecular weight is 444 g/mol. The van der Waals surface area contributed by atoms with E-state index in [-0.39, 0.29) is 36.9 Å². The molecule has 1 aliphatic heterocycles. The average Bonchev–Trinajstić information content (AvgIpc) is 2.74. The molecule has 0 saturated heterocycles. The molecule has 0 saturated carbocycles. The minimum absolute atomic E-state index is 0.0462. The van der Waals surface area contributed by atoms with Crippen LogP contribution in [0.1, 0.15) is 18.1 Å². The first-order valence-corrected chi connectivity index (χ1v) is 10.3. The third-order valence-corrected chi connectivity index (χ3v) is 5.62. The lowest BCUT2D eigenvalue weighted by Crippen LogP contribution is -2.50. The lowest BCUT2D eigenvalue weighted by molar-refractivity contribution is 0.281. The van der Waals surface area contributed by atoms with E-state index in [1.165, 1.54) is 12.1 Å². The highest BCUT2D eigenvalue weighted by Gasteiger charge is 2.37. The standard InChI is InChI=1S/C22H23ClFN5O2/c1-13-9-15(24)7-8-16(13)20-17-10-25-12-29(31,19-6-4-3-5-18(19)23)21(17)28-22(27-20)26-14(2)11-30/h3-9,14,25,30H,10-12H2,1-2H3,(H,26,27,28)/t14-,29?/m1/s1. The summed E-state index contributed by atoms with van der Waals surface area (Å²) in [4.78, 5) is 9.20. The van der Waals surface area contributed by atoms with Crippen molar-refractivity contribution < 1.29 is 9.50 Å². The van der Waals surface area contributed by atoms with Gasteiger partial charge in [-0.1, -0.05) is 23.7 Å². The predicted molar refractivity (Wildman–Crippen MR) is 120 cm³/mol. The van der Waals surface area contributed by atoms with Crippen LogP contribution in [-0.4, -0.2) is 34.4 Å². The van der Waals surface area contributed by atoms with E-state index in [0.29, 0.717) is 39.6 Å². The molecule has 162 valence electrons. The molecule has 2 aromatic carbocycles. The molecule has 0 bridgehead atoms. The normalized spacial score (nSPS) is 19.0. The molecule has 31 heavy (non-hydrogen) atoms. The molecule has 0 aliphatic carbocycles. The molecule has 1 unspecified atom stereocenters. The number of rotatable bonds is 5. The molecule has 1 aromatic heterocycles. The smallest absolute Gasteiger partial charge is 0.243 e. The molecule has 3 aromatic rings. The van der Waals surface area contributed by atoms with Gasteiger partial charge in [0.25, 0.3) is 0 Å². The van der Waals surface area contributed by atoms with Crippen molar-refractivity contribution in [3.8, 4) is 11.3 Å². The Hall–Kier alpha value is -2.62. The molecule has 9 heteroatoms. The number of hydroxylamine groups is 1. The number of hydrogen-bond acceptors (Lipinski definition) is 6. The molecular weight excluding hydrogens is 421 g/mol. The number of aryl methyl sites for hydroxylation is 1. The van der Waals surface area contributed by atoms with E-state index >= 15 is 0 Å². The first kappa shape index (κ1) is 21.6. The zero-order valence-electron chi connectivity index (χ0n) is 17.2. The van der Waals surface area contributed by atoms with E-state index in [9.17, 15) is 14.7 Å². The van der Waals surface area contributed by atoms with Crippen molar-refractivity contribution in [1.29, 1.82) is 0 Å². The summed E-state index contributed by atoms with van der Waals surface area (Å²) in [6, 6.07) is 11.0. The lowest BCUT2D eigenvalue weighted by Gasteiger charge is -2.44. The number of hydrogen-bond donors (Lipinski definition) is 3. The van der Waals surface area contributed by atoms with Gasteiger partial charge < -0.3 is 15.6 Å². The van der Waals surface area contributed by atoms with E-state index in [4.69, 9.17) is 11.6 Å². The molecule has 0 amide bonds. The molecule has 2 atom stereocenters. The second-order valence-corrected chi connectivity index (χ2v) is 8.07. The molecule has 0 radical (unpaired) electrons. The van der Waals surface area contributed by atoms with Crippen molar-refractivity contribution in [2.24, 2.45) is 0 Å². The van der Waals surface area contributed by atoms with Crippen LogP contribution < -0.4 is 15.3 Å². The lowest BCUT2D eigenvalue weighted by atomic mass is 10.00. The largest absolute Gasteiger partial charge is 0.620 e. The fraction of sp³-hybridized carbons (Fsp3) is 0.273. The van der Waals surface area contributed by atoms with Gasteiger partial charge in [0.05, 0.1) is 17.9 Å². The Kier molecular flexibility index (Phi) is 5.92. The predicted octanol–water partition coefficient (Wildman–Crippen LogP) is 4.23. The Labute approximate surface area is 184 Å². The Morgan fingerprint density at radius 3 is 2.77 bits per heavy atom. The van der Waals surface area contributed by atoms with Crippen molar-refractivity contribution in [2.45, 2.75) is 26.4 Å². The molecule has 0 fully saturated rings. The van der Waals surface area contributed by atoms with Crippen molar-refractivity contribution in [3.05, 3.63) is 69.6 Å². The van der Waals surface area contributed by atoms with Gasteiger partial charge in [0.2, 0.25) is 11.8 Å². The minimum Gasteiger partial charge on any atom is -0.620 e. The summed E-state index contributed by atoms with van der Waals surface area (Å²) in [5.74, 6) is 0.124. The van der Waals surface area contributed by atoms with Crippen molar-refractivity contribution in [1.82, 2.24) is 19.9 Å². The third-order valence-electron chi connectivity index (χ3n) is 5.30. The van der Waals surface area contributed by atoms with E-state index in [1.807, 2.05) is 0 Å². The number of nitrogens with zero attached hydrogens (tertiary/aromatic N) is 3. The molecule has 3 N–H and O–H groups in total.